The summed E-state index contributed by atoms with van der Waals surface area (Å²) in [4.78, 5) is 18.1. The summed E-state index contributed by atoms with van der Waals surface area (Å²) in [6.45, 7) is 3.81. The first-order valence-corrected chi connectivity index (χ1v) is 12.1. The van der Waals surface area contributed by atoms with Crippen molar-refractivity contribution >= 4 is 5.91 Å². The number of piperidine rings is 2. The number of hydrogen-bond acceptors (Lipinski definition) is 4. The predicted molar refractivity (Wildman–Crippen MR) is 114 cm³/mol. The van der Waals surface area contributed by atoms with Gasteiger partial charge in [-0.3, -0.25) is 9.69 Å². The number of benzene rings is 1. The zero-order valence-corrected chi connectivity index (χ0v) is 17.9. The summed E-state index contributed by atoms with van der Waals surface area (Å²) in [5, 5.41) is 22.6. The third-order valence-corrected chi connectivity index (χ3v) is 9.03. The Hall–Kier alpha value is -1.59. The van der Waals surface area contributed by atoms with Crippen LogP contribution in [-0.2, 0) is 16.6 Å². The maximum atomic E-state index is 13.5. The maximum absolute atomic E-state index is 13.5. The van der Waals surface area contributed by atoms with Crippen molar-refractivity contribution in [3.63, 3.8) is 0 Å². The lowest BCUT2D eigenvalue weighted by molar-refractivity contribution is -0.140. The van der Waals surface area contributed by atoms with Crippen LogP contribution in [0, 0.1) is 11.8 Å². The van der Waals surface area contributed by atoms with Gasteiger partial charge in [-0.05, 0) is 93.5 Å². The molecule has 1 aromatic rings. The highest BCUT2D eigenvalue weighted by Crippen LogP contribution is 2.62. The van der Waals surface area contributed by atoms with Crippen molar-refractivity contribution in [1.82, 2.24) is 9.80 Å². The number of rotatable bonds is 3. The van der Waals surface area contributed by atoms with Crippen LogP contribution in [0.25, 0.3) is 0 Å². The highest BCUT2D eigenvalue weighted by Gasteiger charge is 2.68. The lowest BCUT2D eigenvalue weighted by Crippen LogP contribution is -2.69. The van der Waals surface area contributed by atoms with E-state index in [4.69, 9.17) is 0 Å². The van der Waals surface area contributed by atoms with E-state index in [1.165, 1.54) is 24.8 Å². The van der Waals surface area contributed by atoms with E-state index < -0.39 is 11.0 Å². The molecule has 2 N–H and O–H groups in total. The smallest absolute Gasteiger partial charge is 0.225 e. The quantitative estimate of drug-likeness (QED) is 0.804. The molecule has 4 atom stereocenters. The van der Waals surface area contributed by atoms with E-state index in [9.17, 15) is 15.0 Å². The van der Waals surface area contributed by atoms with Crippen LogP contribution in [0.3, 0.4) is 0 Å². The molecule has 30 heavy (non-hydrogen) atoms. The standard InChI is InChI=1S/C25H34N2O3/c28-20-7-6-18-12-22-25(30)15-19(23(29)26-9-2-1-3-10-26)14-24(25,21(18)13-20)8-11-27(22)16-17-4-5-17/h6-7,13,17,19,22,28,30H,1-5,8-12,14-16H2. The fourth-order valence-corrected chi connectivity index (χ4v) is 7.38. The Bertz CT molecular complexity index is 862. The van der Waals surface area contributed by atoms with Crippen LogP contribution in [0.15, 0.2) is 18.2 Å². The van der Waals surface area contributed by atoms with Gasteiger partial charge in [0, 0.05) is 37.0 Å². The van der Waals surface area contributed by atoms with Crippen LogP contribution in [0.2, 0.25) is 0 Å². The summed E-state index contributed by atoms with van der Waals surface area (Å²) in [6.07, 6.45) is 9.04. The van der Waals surface area contributed by atoms with Crippen molar-refractivity contribution in [2.45, 2.75) is 74.8 Å². The van der Waals surface area contributed by atoms with E-state index in [0.29, 0.717) is 6.42 Å². The molecule has 2 saturated heterocycles. The zero-order chi connectivity index (χ0) is 20.5. The first kappa shape index (κ1) is 19.1. The molecule has 4 unspecified atom stereocenters. The highest BCUT2D eigenvalue weighted by molar-refractivity contribution is 5.80. The van der Waals surface area contributed by atoms with Crippen LogP contribution >= 0.6 is 0 Å². The molecule has 2 aliphatic heterocycles. The Kier molecular flexibility index (Phi) is 4.27. The number of phenolic OH excluding ortho intramolecular Hbond substituents is 1. The highest BCUT2D eigenvalue weighted by atomic mass is 16.3. The van der Waals surface area contributed by atoms with Crippen LogP contribution in [0.5, 0.6) is 5.75 Å². The fraction of sp³-hybridized carbons (Fsp3) is 0.720. The summed E-state index contributed by atoms with van der Waals surface area (Å²) in [7, 11) is 0. The average molecular weight is 411 g/mol. The SMILES string of the molecule is O=C(C1CC23CCN(CC4CC4)C(Cc4ccc(O)cc42)C3(O)C1)N1CCCCC1. The Labute approximate surface area is 179 Å². The Morgan fingerprint density at radius 1 is 1.10 bits per heavy atom. The number of nitrogens with zero attached hydrogens (tertiary/aromatic N) is 2. The number of hydrogen-bond donors (Lipinski definition) is 2. The topological polar surface area (TPSA) is 64.0 Å². The minimum absolute atomic E-state index is 0.0862. The molecule has 5 heteroatoms. The fourth-order valence-electron chi connectivity index (χ4n) is 7.38. The van der Waals surface area contributed by atoms with E-state index in [2.05, 4.69) is 15.9 Å². The Balaban J connectivity index is 1.39. The lowest BCUT2D eigenvalue weighted by Gasteiger charge is -2.59. The predicted octanol–water partition coefficient (Wildman–Crippen LogP) is 2.82. The van der Waals surface area contributed by atoms with Gasteiger partial charge >= 0.3 is 0 Å². The molecular formula is C25H34N2O3. The minimum atomic E-state index is -0.878. The molecule has 0 aromatic heterocycles. The van der Waals surface area contributed by atoms with Crippen molar-refractivity contribution in [2.75, 3.05) is 26.2 Å². The summed E-state index contributed by atoms with van der Waals surface area (Å²) in [5.74, 6) is 1.21. The van der Waals surface area contributed by atoms with Crippen LogP contribution < -0.4 is 0 Å². The first-order valence-electron chi connectivity index (χ1n) is 12.1. The van der Waals surface area contributed by atoms with Gasteiger partial charge in [-0.15, -0.1) is 0 Å². The van der Waals surface area contributed by atoms with Crippen LogP contribution in [0.1, 0.15) is 62.5 Å². The van der Waals surface area contributed by atoms with Crippen molar-refractivity contribution in [3.05, 3.63) is 29.3 Å². The van der Waals surface area contributed by atoms with Gasteiger partial charge in [0.2, 0.25) is 5.91 Å². The van der Waals surface area contributed by atoms with E-state index in [0.717, 1.165) is 69.8 Å². The van der Waals surface area contributed by atoms with Gasteiger partial charge < -0.3 is 15.1 Å². The van der Waals surface area contributed by atoms with Crippen LogP contribution in [-0.4, -0.2) is 63.7 Å². The molecule has 2 saturated carbocycles. The third-order valence-electron chi connectivity index (χ3n) is 9.03. The van der Waals surface area contributed by atoms with Crippen molar-refractivity contribution < 1.29 is 15.0 Å². The van der Waals surface area contributed by atoms with Crippen molar-refractivity contribution in [2.24, 2.45) is 11.8 Å². The minimum Gasteiger partial charge on any atom is -0.508 e. The third kappa shape index (κ3) is 2.70. The first-order chi connectivity index (χ1) is 14.5. The second-order valence-electron chi connectivity index (χ2n) is 10.7. The number of phenols is 1. The molecule has 0 spiro atoms. The monoisotopic (exact) mass is 410 g/mol. The molecule has 5 nitrogen and oxygen atoms in total. The van der Waals surface area contributed by atoms with E-state index in [1.807, 2.05) is 6.07 Å². The van der Waals surface area contributed by atoms with Crippen molar-refractivity contribution in [3.8, 4) is 5.75 Å². The molecule has 5 aliphatic rings. The maximum Gasteiger partial charge on any atom is 0.225 e. The van der Waals surface area contributed by atoms with Gasteiger partial charge in [-0.1, -0.05) is 6.07 Å². The molecule has 4 fully saturated rings. The summed E-state index contributed by atoms with van der Waals surface area (Å²) in [5.41, 5.74) is 1.09. The molecule has 2 heterocycles. The van der Waals surface area contributed by atoms with Crippen molar-refractivity contribution in [1.29, 1.82) is 0 Å². The number of carbonyl (C=O) groups excluding carboxylic acids is 1. The summed E-state index contributed by atoms with van der Waals surface area (Å²) in [6, 6.07) is 5.81. The number of amides is 1. The number of likely N-dealkylation sites (tertiary alicyclic amines) is 2. The molecule has 162 valence electrons. The molecule has 3 aliphatic carbocycles. The largest absolute Gasteiger partial charge is 0.508 e. The number of fused-ring (bicyclic) bond motifs is 1. The molecule has 0 radical (unpaired) electrons. The molecule has 1 aromatic carbocycles. The average Bonchev–Trinajstić information content (AvgIpc) is 3.50. The van der Waals surface area contributed by atoms with Gasteiger partial charge in [0.1, 0.15) is 5.75 Å². The second kappa shape index (κ2) is 6.70. The van der Waals surface area contributed by atoms with Gasteiger partial charge in [-0.2, -0.15) is 0 Å². The summed E-state index contributed by atoms with van der Waals surface area (Å²) >= 11 is 0. The molecular weight excluding hydrogens is 376 g/mol. The van der Waals surface area contributed by atoms with E-state index >= 15 is 0 Å². The van der Waals surface area contributed by atoms with Gasteiger partial charge in [0.15, 0.2) is 0 Å². The lowest BCUT2D eigenvalue weighted by atomic mass is 9.56. The second-order valence-corrected chi connectivity index (χ2v) is 10.7. The van der Waals surface area contributed by atoms with E-state index in [1.54, 1.807) is 6.07 Å². The number of aliphatic hydroxyl groups is 1. The van der Waals surface area contributed by atoms with E-state index in [-0.39, 0.29) is 23.6 Å². The van der Waals surface area contributed by atoms with Gasteiger partial charge in [0.05, 0.1) is 5.60 Å². The molecule has 1 amide bonds. The van der Waals surface area contributed by atoms with Gasteiger partial charge in [0.25, 0.3) is 0 Å². The summed E-state index contributed by atoms with van der Waals surface area (Å²) < 4.78 is 0. The number of carbonyl (C=O) groups is 1. The molecule has 6 rings (SSSR count). The van der Waals surface area contributed by atoms with Crippen LogP contribution in [0.4, 0.5) is 0 Å². The Morgan fingerprint density at radius 2 is 1.90 bits per heavy atom. The normalized spacial score (nSPS) is 38.2. The molecule has 2 bridgehead atoms. The Morgan fingerprint density at radius 3 is 2.67 bits per heavy atom. The van der Waals surface area contributed by atoms with Gasteiger partial charge in [-0.25, -0.2) is 0 Å². The zero-order valence-electron chi connectivity index (χ0n) is 17.9. The number of aromatic hydroxyl groups is 1.